The zero-order chi connectivity index (χ0) is 12.5. The summed E-state index contributed by atoms with van der Waals surface area (Å²) in [5, 5.41) is 12.7. The van der Waals surface area contributed by atoms with E-state index < -0.39 is 27.0 Å². The van der Waals surface area contributed by atoms with Crippen molar-refractivity contribution in [2.45, 2.75) is 18.4 Å². The number of nitriles is 1. The minimum absolute atomic E-state index is 0.0932. The molecule has 0 atom stereocenters. The number of alkyl halides is 2. The lowest BCUT2D eigenvalue weighted by molar-refractivity contribution is 0.150. The average molecular weight is 247 g/mol. The van der Waals surface area contributed by atoms with E-state index in [1.54, 1.807) is 6.07 Å². The molecule has 1 aromatic heterocycles. The molecule has 0 bridgehead atoms. The predicted octanol–water partition coefficient (Wildman–Crippen LogP) is 0.847. The monoisotopic (exact) mass is 247 g/mol. The summed E-state index contributed by atoms with van der Waals surface area (Å²) in [5.41, 5.74) is -1.11. The van der Waals surface area contributed by atoms with Crippen LogP contribution in [0.2, 0.25) is 0 Å². The summed E-state index contributed by atoms with van der Waals surface area (Å²) in [6.07, 6.45) is -2.96. The number of hydrogen-bond donors (Lipinski definition) is 1. The Morgan fingerprint density at radius 3 is 2.50 bits per heavy atom. The van der Waals surface area contributed by atoms with Gasteiger partial charge in [-0.1, -0.05) is 0 Å². The van der Waals surface area contributed by atoms with Gasteiger partial charge in [0, 0.05) is 5.56 Å². The molecule has 1 heterocycles. The van der Waals surface area contributed by atoms with Crippen molar-refractivity contribution in [3.05, 3.63) is 22.9 Å². The number of rotatable bonds is 2. The molecule has 8 heteroatoms. The predicted molar refractivity (Wildman–Crippen MR) is 50.0 cm³/mol. The molecule has 0 aliphatic heterocycles. The average Bonchev–Trinajstić information content (AvgIpc) is 2.14. The maximum Gasteiger partial charge on any atom is 0.265 e. The molecule has 86 valence electrons. The van der Waals surface area contributed by atoms with Gasteiger partial charge in [-0.05, 0) is 13.0 Å². The molecule has 0 saturated heterocycles. The molecule has 16 heavy (non-hydrogen) atoms. The minimum atomic E-state index is -4.16. The highest BCUT2D eigenvalue weighted by molar-refractivity contribution is 7.89. The van der Waals surface area contributed by atoms with Gasteiger partial charge in [0.1, 0.15) is 6.07 Å². The third kappa shape index (κ3) is 2.32. The van der Waals surface area contributed by atoms with Crippen molar-refractivity contribution >= 4 is 10.0 Å². The molecule has 5 nitrogen and oxygen atoms in total. The zero-order valence-electron chi connectivity index (χ0n) is 8.11. The highest BCUT2D eigenvalue weighted by atomic mass is 32.2. The number of pyridine rings is 1. The molecule has 0 radical (unpaired) electrons. The van der Waals surface area contributed by atoms with E-state index in [1.807, 2.05) is 0 Å². The number of aryl methyl sites for hydroxylation is 1. The second-order valence-electron chi connectivity index (χ2n) is 2.97. The van der Waals surface area contributed by atoms with Crippen molar-refractivity contribution in [3.8, 4) is 6.07 Å². The van der Waals surface area contributed by atoms with Gasteiger partial charge in [-0.3, -0.25) is 0 Å². The fourth-order valence-corrected chi connectivity index (χ4v) is 1.69. The van der Waals surface area contributed by atoms with Crippen molar-refractivity contribution in [3.63, 3.8) is 0 Å². The van der Waals surface area contributed by atoms with E-state index in [-0.39, 0.29) is 11.3 Å². The molecule has 0 aliphatic carbocycles. The zero-order valence-corrected chi connectivity index (χ0v) is 8.92. The van der Waals surface area contributed by atoms with Crippen LogP contribution in [0.5, 0.6) is 0 Å². The fraction of sp³-hybridized carbons (Fsp3) is 0.250. The highest BCUT2D eigenvalue weighted by Gasteiger charge is 2.21. The van der Waals surface area contributed by atoms with Crippen LogP contribution < -0.4 is 5.14 Å². The Hall–Kier alpha value is -1.59. The fourth-order valence-electron chi connectivity index (χ4n) is 1.13. The number of hydrogen-bond acceptors (Lipinski definition) is 4. The molecule has 0 spiro atoms. The lowest BCUT2D eigenvalue weighted by Crippen LogP contribution is -2.16. The first-order chi connectivity index (χ1) is 7.27. The number of aromatic nitrogens is 1. The summed E-state index contributed by atoms with van der Waals surface area (Å²) in [7, 11) is -4.16. The molecule has 0 aliphatic rings. The number of nitrogens with zero attached hydrogens (tertiary/aromatic N) is 2. The van der Waals surface area contributed by atoms with Crippen LogP contribution in [-0.4, -0.2) is 13.4 Å². The number of halogens is 2. The van der Waals surface area contributed by atoms with Gasteiger partial charge in [-0.25, -0.2) is 27.3 Å². The van der Waals surface area contributed by atoms with Crippen LogP contribution in [-0.2, 0) is 10.0 Å². The number of primary sulfonamides is 1. The van der Waals surface area contributed by atoms with E-state index >= 15 is 0 Å². The van der Waals surface area contributed by atoms with Crippen molar-refractivity contribution in [2.24, 2.45) is 5.14 Å². The van der Waals surface area contributed by atoms with Crippen LogP contribution in [0.4, 0.5) is 8.78 Å². The lowest BCUT2D eigenvalue weighted by atomic mass is 10.1. The third-order valence-corrected chi connectivity index (χ3v) is 2.64. The molecule has 2 N–H and O–H groups in total. The van der Waals surface area contributed by atoms with Gasteiger partial charge in [0.2, 0.25) is 0 Å². The Morgan fingerprint density at radius 2 is 2.12 bits per heavy atom. The summed E-state index contributed by atoms with van der Waals surface area (Å²) in [4.78, 5) is 3.49. The SMILES string of the molecule is Cc1nc(S(N)(=O)=O)cc(C(F)F)c1C#N. The Labute approximate surface area is 90.6 Å². The van der Waals surface area contributed by atoms with E-state index in [1.165, 1.54) is 6.92 Å². The first-order valence-electron chi connectivity index (χ1n) is 4.00. The van der Waals surface area contributed by atoms with Gasteiger partial charge >= 0.3 is 0 Å². The van der Waals surface area contributed by atoms with Crippen molar-refractivity contribution < 1.29 is 17.2 Å². The quantitative estimate of drug-likeness (QED) is 0.837. The van der Waals surface area contributed by atoms with Gasteiger partial charge in [0.15, 0.2) is 5.03 Å². The van der Waals surface area contributed by atoms with Crippen molar-refractivity contribution in [1.29, 1.82) is 5.26 Å². The molecule has 0 saturated carbocycles. The van der Waals surface area contributed by atoms with Crippen LogP contribution >= 0.6 is 0 Å². The molecular formula is C8H7F2N3O2S. The maximum atomic E-state index is 12.5. The summed E-state index contributed by atoms with van der Waals surface area (Å²) < 4.78 is 47.0. The second kappa shape index (κ2) is 4.11. The minimum Gasteiger partial charge on any atom is -0.239 e. The Morgan fingerprint density at radius 1 is 1.56 bits per heavy atom. The Bertz CT molecular complexity index is 563. The van der Waals surface area contributed by atoms with E-state index in [9.17, 15) is 17.2 Å². The van der Waals surface area contributed by atoms with Gasteiger partial charge < -0.3 is 0 Å². The third-order valence-electron chi connectivity index (χ3n) is 1.85. The van der Waals surface area contributed by atoms with Gasteiger partial charge in [-0.2, -0.15) is 5.26 Å². The van der Waals surface area contributed by atoms with E-state index in [2.05, 4.69) is 4.98 Å². The summed E-state index contributed by atoms with van der Waals surface area (Å²) in [6, 6.07) is 2.16. The maximum absolute atomic E-state index is 12.5. The van der Waals surface area contributed by atoms with E-state index in [4.69, 9.17) is 10.4 Å². The Kier molecular flexibility index (Phi) is 3.21. The summed E-state index contributed by atoms with van der Waals surface area (Å²) in [6.45, 7) is 1.26. The normalized spacial score (nSPS) is 11.5. The summed E-state index contributed by atoms with van der Waals surface area (Å²) in [5.74, 6) is 0. The molecule has 0 fully saturated rings. The molecular weight excluding hydrogens is 240 g/mol. The topological polar surface area (TPSA) is 96.8 Å². The first-order valence-corrected chi connectivity index (χ1v) is 5.54. The molecule has 1 aromatic rings. The standard InChI is InChI=1S/C8H7F2N3O2S/c1-4-6(3-11)5(8(9)10)2-7(13-4)16(12,14)15/h2,8H,1H3,(H2,12,14,15). The van der Waals surface area contributed by atoms with Crippen LogP contribution in [0.3, 0.4) is 0 Å². The smallest absolute Gasteiger partial charge is 0.239 e. The number of sulfonamides is 1. The molecule has 0 amide bonds. The lowest BCUT2D eigenvalue weighted by Gasteiger charge is -2.07. The van der Waals surface area contributed by atoms with Crippen LogP contribution in [0.25, 0.3) is 0 Å². The second-order valence-corrected chi connectivity index (χ2v) is 4.48. The van der Waals surface area contributed by atoms with Crippen LogP contribution in [0.15, 0.2) is 11.1 Å². The van der Waals surface area contributed by atoms with Crippen LogP contribution in [0.1, 0.15) is 23.2 Å². The molecule has 0 unspecified atom stereocenters. The largest absolute Gasteiger partial charge is 0.265 e. The van der Waals surface area contributed by atoms with Crippen molar-refractivity contribution in [2.75, 3.05) is 0 Å². The molecule has 0 aromatic carbocycles. The first kappa shape index (κ1) is 12.5. The van der Waals surface area contributed by atoms with Crippen LogP contribution in [0, 0.1) is 18.3 Å². The number of nitrogens with two attached hydrogens (primary N) is 1. The van der Waals surface area contributed by atoms with Gasteiger partial charge in [0.05, 0.1) is 11.3 Å². The van der Waals surface area contributed by atoms with Gasteiger partial charge in [0.25, 0.3) is 16.4 Å². The summed E-state index contributed by atoms with van der Waals surface area (Å²) >= 11 is 0. The Balaban J connectivity index is 3.61. The van der Waals surface area contributed by atoms with Crippen molar-refractivity contribution in [1.82, 2.24) is 4.98 Å². The highest BCUT2D eigenvalue weighted by Crippen LogP contribution is 2.25. The molecule has 1 rings (SSSR count). The van der Waals surface area contributed by atoms with E-state index in [0.717, 1.165) is 0 Å². The van der Waals surface area contributed by atoms with Gasteiger partial charge in [-0.15, -0.1) is 0 Å². The van der Waals surface area contributed by atoms with E-state index in [0.29, 0.717) is 6.07 Å².